The topological polar surface area (TPSA) is 38.4 Å². The number of nitrogens with two attached hydrogens (primary N) is 1. The van der Waals surface area contributed by atoms with Crippen molar-refractivity contribution in [2.45, 2.75) is 6.92 Å². The van der Waals surface area contributed by atoms with Crippen molar-refractivity contribution in [3.63, 3.8) is 0 Å². The fraction of sp³-hybridized carbons (Fsp3) is 0.154. The van der Waals surface area contributed by atoms with E-state index >= 15 is 0 Å². The lowest BCUT2D eigenvalue weighted by atomic mass is 9.96. The van der Waals surface area contributed by atoms with Crippen LogP contribution in [0.3, 0.4) is 0 Å². The summed E-state index contributed by atoms with van der Waals surface area (Å²) >= 11 is 0. The third-order valence-electron chi connectivity index (χ3n) is 2.82. The van der Waals surface area contributed by atoms with E-state index in [-0.39, 0.29) is 0 Å². The fourth-order valence-electron chi connectivity index (χ4n) is 2.19. The van der Waals surface area contributed by atoms with E-state index in [9.17, 15) is 0 Å². The van der Waals surface area contributed by atoms with E-state index < -0.39 is 0 Å². The molecule has 1 aliphatic carbocycles. The quantitative estimate of drug-likeness (QED) is 0.656. The van der Waals surface area contributed by atoms with Crippen LogP contribution in [0.1, 0.15) is 6.92 Å². The van der Waals surface area contributed by atoms with E-state index in [4.69, 9.17) is 5.73 Å². The van der Waals surface area contributed by atoms with Crippen molar-refractivity contribution in [1.82, 2.24) is 0 Å². The highest BCUT2D eigenvalue weighted by molar-refractivity contribution is 5.79. The van der Waals surface area contributed by atoms with Gasteiger partial charge in [-0.05, 0) is 12.0 Å². The lowest BCUT2D eigenvalue weighted by Crippen LogP contribution is -2.24. The lowest BCUT2D eigenvalue weighted by molar-refractivity contribution is 0.904. The predicted molar refractivity (Wildman–Crippen MR) is 60.1 cm³/mol. The van der Waals surface area contributed by atoms with E-state index in [1.165, 1.54) is 0 Å². The highest BCUT2D eigenvalue weighted by Gasteiger charge is 2.19. The molecule has 1 aromatic rings. The maximum Gasteiger partial charge on any atom is 0.0716 e. The van der Waals surface area contributed by atoms with Crippen LogP contribution in [-0.4, -0.2) is 0 Å². The first kappa shape index (κ1) is 8.48. The molecule has 0 saturated carbocycles. The van der Waals surface area contributed by atoms with Gasteiger partial charge in [0.25, 0.3) is 0 Å². The summed E-state index contributed by atoms with van der Waals surface area (Å²) in [5, 5.41) is 2.19. The summed E-state index contributed by atoms with van der Waals surface area (Å²) in [7, 11) is 0. The van der Waals surface area contributed by atoms with Crippen LogP contribution < -0.4 is 16.3 Å². The van der Waals surface area contributed by atoms with Crippen LogP contribution in [0.4, 0.5) is 0 Å². The average Bonchev–Trinajstić information content (AvgIpc) is 2.54. The maximum absolute atomic E-state index is 6.05. The van der Waals surface area contributed by atoms with Crippen molar-refractivity contribution in [3.8, 4) is 0 Å². The zero-order valence-electron chi connectivity index (χ0n) is 8.57. The van der Waals surface area contributed by atoms with Crippen molar-refractivity contribution < 1.29 is 0 Å². The Labute approximate surface area is 88.1 Å². The molecule has 2 N–H and O–H groups in total. The molecule has 2 aliphatic rings. The van der Waals surface area contributed by atoms with Crippen molar-refractivity contribution in [1.29, 1.82) is 0 Å². The molecule has 0 radical (unpaired) electrons. The van der Waals surface area contributed by atoms with Gasteiger partial charge in [-0.25, -0.2) is 4.99 Å². The second-order valence-corrected chi connectivity index (χ2v) is 4.04. The van der Waals surface area contributed by atoms with Crippen LogP contribution in [0, 0.1) is 5.92 Å². The molecule has 1 aromatic carbocycles. The molecule has 1 unspecified atom stereocenters. The minimum absolute atomic E-state index is 0.377. The average molecular weight is 196 g/mol. The lowest BCUT2D eigenvalue weighted by Gasteiger charge is -2.13. The van der Waals surface area contributed by atoms with Crippen molar-refractivity contribution in [3.05, 3.63) is 58.4 Å². The van der Waals surface area contributed by atoms with Crippen LogP contribution in [0.5, 0.6) is 0 Å². The van der Waals surface area contributed by atoms with Gasteiger partial charge < -0.3 is 5.73 Å². The first-order valence-corrected chi connectivity index (χ1v) is 5.13. The molecule has 2 nitrogen and oxygen atoms in total. The molecule has 3 rings (SSSR count). The first-order valence-electron chi connectivity index (χ1n) is 5.13. The Morgan fingerprint density at radius 1 is 1.20 bits per heavy atom. The minimum Gasteiger partial charge on any atom is -0.398 e. The first-order chi connectivity index (χ1) is 7.25. The maximum atomic E-state index is 6.05. The van der Waals surface area contributed by atoms with Crippen LogP contribution >= 0.6 is 0 Å². The van der Waals surface area contributed by atoms with Gasteiger partial charge in [0.2, 0.25) is 0 Å². The number of benzene rings is 1. The summed E-state index contributed by atoms with van der Waals surface area (Å²) < 4.78 is 0. The van der Waals surface area contributed by atoms with E-state index in [2.05, 4.69) is 30.1 Å². The highest BCUT2D eigenvalue weighted by atomic mass is 14.8. The number of fused-ring (bicyclic) bond motifs is 2. The molecule has 1 aliphatic heterocycles. The van der Waals surface area contributed by atoms with Gasteiger partial charge in [-0.3, -0.25) is 0 Å². The van der Waals surface area contributed by atoms with Crippen LogP contribution in [0.15, 0.2) is 52.8 Å². The van der Waals surface area contributed by atoms with Gasteiger partial charge in [0.15, 0.2) is 0 Å². The van der Waals surface area contributed by atoms with E-state index in [1.807, 2.05) is 18.2 Å². The number of hydrogen-bond acceptors (Lipinski definition) is 2. The molecule has 15 heavy (non-hydrogen) atoms. The van der Waals surface area contributed by atoms with Crippen molar-refractivity contribution >= 4 is 5.57 Å². The summed E-state index contributed by atoms with van der Waals surface area (Å²) in [6.07, 6.45) is 4.24. The minimum atomic E-state index is 0.377. The SMILES string of the molecule is CC1C=C(N)C2=c3ccccc3=NC2=C1. The Hall–Kier alpha value is -1.83. The largest absolute Gasteiger partial charge is 0.398 e. The molecule has 2 heteroatoms. The monoisotopic (exact) mass is 196 g/mol. The zero-order valence-corrected chi connectivity index (χ0v) is 8.57. The number of nitrogens with zero attached hydrogens (tertiary/aromatic N) is 1. The van der Waals surface area contributed by atoms with Gasteiger partial charge >= 0.3 is 0 Å². The Bertz CT molecular complexity index is 606. The summed E-state index contributed by atoms with van der Waals surface area (Å²) in [6.45, 7) is 2.12. The molecule has 0 saturated heterocycles. The molecule has 0 spiro atoms. The van der Waals surface area contributed by atoms with Gasteiger partial charge in [0, 0.05) is 16.5 Å². The molecule has 0 fully saturated rings. The Morgan fingerprint density at radius 2 is 2.00 bits per heavy atom. The second-order valence-electron chi connectivity index (χ2n) is 4.04. The fourth-order valence-corrected chi connectivity index (χ4v) is 2.19. The number of hydrogen-bond donors (Lipinski definition) is 1. The summed E-state index contributed by atoms with van der Waals surface area (Å²) in [5.74, 6) is 0.377. The Morgan fingerprint density at radius 3 is 2.87 bits per heavy atom. The smallest absolute Gasteiger partial charge is 0.0716 e. The van der Waals surface area contributed by atoms with Gasteiger partial charge in [0.05, 0.1) is 11.1 Å². The molecule has 0 bridgehead atoms. The van der Waals surface area contributed by atoms with E-state index in [0.29, 0.717) is 5.92 Å². The molecular weight excluding hydrogens is 184 g/mol. The highest BCUT2D eigenvalue weighted by Crippen LogP contribution is 2.26. The van der Waals surface area contributed by atoms with Crippen LogP contribution in [0.2, 0.25) is 0 Å². The zero-order chi connectivity index (χ0) is 10.4. The van der Waals surface area contributed by atoms with Crippen molar-refractivity contribution in [2.24, 2.45) is 16.6 Å². The summed E-state index contributed by atoms with van der Waals surface area (Å²) in [5.41, 5.74) is 9.04. The normalized spacial score (nSPS) is 22.5. The van der Waals surface area contributed by atoms with Gasteiger partial charge in [0.1, 0.15) is 0 Å². The molecule has 1 heterocycles. The predicted octanol–water partition coefficient (Wildman–Crippen LogP) is 0.847. The van der Waals surface area contributed by atoms with E-state index in [1.54, 1.807) is 0 Å². The second kappa shape index (κ2) is 2.83. The van der Waals surface area contributed by atoms with Crippen LogP contribution in [-0.2, 0) is 0 Å². The molecule has 0 aromatic heterocycles. The number of para-hydroxylation sites is 1. The summed E-state index contributed by atoms with van der Waals surface area (Å²) in [4.78, 5) is 4.58. The number of rotatable bonds is 0. The van der Waals surface area contributed by atoms with Crippen LogP contribution in [0.25, 0.3) is 5.57 Å². The van der Waals surface area contributed by atoms with Crippen molar-refractivity contribution in [2.75, 3.05) is 0 Å². The molecule has 1 atom stereocenters. The van der Waals surface area contributed by atoms with E-state index in [0.717, 1.165) is 27.5 Å². The number of allylic oxidation sites excluding steroid dienone is 2. The Balaban J connectivity index is 2.42. The molecule has 74 valence electrons. The summed E-state index contributed by atoms with van der Waals surface area (Å²) in [6, 6.07) is 8.13. The van der Waals surface area contributed by atoms with Gasteiger partial charge in [-0.15, -0.1) is 0 Å². The third-order valence-corrected chi connectivity index (χ3v) is 2.82. The Kier molecular flexibility index (Phi) is 1.60. The third kappa shape index (κ3) is 1.14. The van der Waals surface area contributed by atoms with Gasteiger partial charge in [-0.1, -0.05) is 37.3 Å². The molecule has 0 amide bonds. The van der Waals surface area contributed by atoms with Gasteiger partial charge in [-0.2, -0.15) is 0 Å². The standard InChI is InChI=1S/C13H12N2/c1-8-6-10(14)13-9-4-2-3-5-11(9)15-12(13)7-8/h2-8H,14H2,1H3. The molecular formula is C13H12N2.